The van der Waals surface area contributed by atoms with E-state index in [1.165, 1.54) is 17.0 Å². The summed E-state index contributed by atoms with van der Waals surface area (Å²) in [4.78, 5) is 27.9. The lowest BCUT2D eigenvalue weighted by atomic mass is 10.1. The van der Waals surface area contributed by atoms with Crippen LogP contribution in [0.4, 0.5) is 18.9 Å². The van der Waals surface area contributed by atoms with Crippen LogP contribution in [0.2, 0.25) is 0 Å². The summed E-state index contributed by atoms with van der Waals surface area (Å²) in [7, 11) is -3.31. The smallest absolute Gasteiger partial charge is 0.416 e. The van der Waals surface area contributed by atoms with E-state index >= 15 is 0 Å². The van der Waals surface area contributed by atoms with Crippen LogP contribution in [0, 0.1) is 0 Å². The van der Waals surface area contributed by atoms with Gasteiger partial charge in [0.15, 0.2) is 15.0 Å². The van der Waals surface area contributed by atoms with Gasteiger partial charge in [0.2, 0.25) is 5.91 Å². The monoisotopic (exact) mass is 436 g/mol. The van der Waals surface area contributed by atoms with Crippen molar-refractivity contribution in [2.45, 2.75) is 30.3 Å². The van der Waals surface area contributed by atoms with Crippen molar-refractivity contribution in [1.82, 2.24) is 0 Å². The highest BCUT2D eigenvalue weighted by molar-refractivity contribution is 8.16. The number of carboxylic acid groups (broad SMARTS) is 1. The molecule has 0 radical (unpaired) electrons. The Morgan fingerprint density at radius 2 is 1.82 bits per heavy atom. The minimum Gasteiger partial charge on any atom is -0.481 e. The van der Waals surface area contributed by atoms with Crippen LogP contribution in [0.5, 0.6) is 0 Å². The van der Waals surface area contributed by atoms with Crippen molar-refractivity contribution >= 4 is 44.3 Å². The van der Waals surface area contributed by atoms with Gasteiger partial charge in [0.1, 0.15) is 0 Å². The second kappa shape index (κ2) is 7.39. The van der Waals surface area contributed by atoms with E-state index in [0.29, 0.717) is 0 Å². The van der Waals surface area contributed by atoms with E-state index < -0.39 is 51.2 Å². The zero-order valence-electron chi connectivity index (χ0n) is 14.2. The Balaban J connectivity index is 1.92. The van der Waals surface area contributed by atoms with Gasteiger partial charge in [-0.05, 0) is 24.3 Å². The largest absolute Gasteiger partial charge is 0.481 e. The number of carboxylic acids is 1. The average molecular weight is 436 g/mol. The van der Waals surface area contributed by atoms with Crippen LogP contribution >= 0.6 is 11.8 Å². The molecule has 0 saturated carbocycles. The van der Waals surface area contributed by atoms with E-state index in [1.54, 1.807) is 0 Å². The number of carbonyl (C=O) groups is 2. The number of halogens is 3. The van der Waals surface area contributed by atoms with Crippen LogP contribution in [0.25, 0.3) is 0 Å². The second-order valence-electron chi connectivity index (χ2n) is 6.40. The number of aliphatic carboxylic acids is 1. The number of fused-ring (bicyclic) bond motifs is 1. The first-order valence-electron chi connectivity index (χ1n) is 8.13. The van der Waals surface area contributed by atoms with Gasteiger partial charge in [-0.15, -0.1) is 0 Å². The molecule has 2 aliphatic rings. The second-order valence-corrected chi connectivity index (χ2v) is 9.76. The van der Waals surface area contributed by atoms with Crippen molar-refractivity contribution in [2.75, 3.05) is 16.4 Å². The van der Waals surface area contributed by atoms with Gasteiger partial charge in [0.05, 0.1) is 29.5 Å². The molecule has 0 aliphatic carbocycles. The Kier molecular flexibility index (Phi) is 5.45. The van der Waals surface area contributed by atoms with Crippen LogP contribution in [-0.4, -0.2) is 53.4 Å². The summed E-state index contributed by atoms with van der Waals surface area (Å²) in [6, 6.07) is 3.60. The molecule has 12 heteroatoms. The summed E-state index contributed by atoms with van der Waals surface area (Å²) >= 11 is 1.07. The van der Waals surface area contributed by atoms with Crippen molar-refractivity contribution < 1.29 is 36.3 Å². The SMILES string of the molecule is O=C(O)CCC(=O)N=C1SC2CS(=O)(=O)CC2N1c1ccc(C(F)(F)F)cc1. The molecule has 1 amide bonds. The first-order chi connectivity index (χ1) is 13.0. The molecule has 0 aromatic heterocycles. The van der Waals surface area contributed by atoms with Gasteiger partial charge in [0.25, 0.3) is 0 Å². The molecule has 152 valence electrons. The quantitative estimate of drug-likeness (QED) is 0.771. The van der Waals surface area contributed by atoms with Crippen molar-refractivity contribution in [3.8, 4) is 0 Å². The number of alkyl halides is 3. The minimum absolute atomic E-state index is 0.123. The number of thioether (sulfide) groups is 1. The lowest BCUT2D eigenvalue weighted by Crippen LogP contribution is -2.37. The highest BCUT2D eigenvalue weighted by Gasteiger charge is 2.49. The predicted octanol–water partition coefficient (Wildman–Crippen LogP) is 2.17. The van der Waals surface area contributed by atoms with Gasteiger partial charge in [-0.25, -0.2) is 8.42 Å². The summed E-state index contributed by atoms with van der Waals surface area (Å²) in [5.74, 6) is -2.17. The maximum atomic E-state index is 12.8. The van der Waals surface area contributed by atoms with Crippen molar-refractivity contribution in [1.29, 1.82) is 0 Å². The third kappa shape index (κ3) is 4.49. The molecule has 1 aromatic carbocycles. The van der Waals surface area contributed by atoms with E-state index in [0.717, 1.165) is 23.9 Å². The normalized spacial score (nSPS) is 25.1. The molecule has 1 aromatic rings. The fourth-order valence-corrected chi connectivity index (χ4v) is 6.99. The average Bonchev–Trinajstić information content (AvgIpc) is 3.03. The van der Waals surface area contributed by atoms with Crippen molar-refractivity contribution in [3.63, 3.8) is 0 Å². The predicted molar refractivity (Wildman–Crippen MR) is 97.1 cm³/mol. The maximum Gasteiger partial charge on any atom is 0.416 e. The third-order valence-electron chi connectivity index (χ3n) is 4.31. The number of benzene rings is 1. The highest BCUT2D eigenvalue weighted by atomic mass is 32.2. The number of amidine groups is 1. The molecule has 7 nitrogen and oxygen atoms in total. The molecular formula is C16H15F3N2O5S2. The fraction of sp³-hybridized carbons (Fsp3) is 0.438. The molecule has 2 unspecified atom stereocenters. The molecular weight excluding hydrogens is 421 g/mol. The summed E-state index contributed by atoms with van der Waals surface area (Å²) in [5, 5.41) is 8.42. The first kappa shape index (κ1) is 20.6. The molecule has 2 fully saturated rings. The Hall–Kier alpha value is -2.08. The lowest BCUT2D eigenvalue weighted by Gasteiger charge is -2.24. The van der Waals surface area contributed by atoms with E-state index in [2.05, 4.69) is 4.99 Å². The minimum atomic E-state index is -4.51. The van der Waals surface area contributed by atoms with E-state index in [4.69, 9.17) is 5.11 Å². The number of aliphatic imine (C=N–C) groups is 1. The van der Waals surface area contributed by atoms with Crippen LogP contribution in [0.3, 0.4) is 0 Å². The molecule has 2 heterocycles. The Labute approximate surface area is 162 Å². The molecule has 2 saturated heterocycles. The lowest BCUT2D eigenvalue weighted by molar-refractivity contribution is -0.138. The molecule has 0 bridgehead atoms. The number of anilines is 1. The van der Waals surface area contributed by atoms with Crippen molar-refractivity contribution in [3.05, 3.63) is 29.8 Å². The van der Waals surface area contributed by atoms with Crippen LogP contribution in [0.15, 0.2) is 29.3 Å². The van der Waals surface area contributed by atoms with Gasteiger partial charge in [-0.2, -0.15) is 18.2 Å². The Bertz CT molecular complexity index is 929. The van der Waals surface area contributed by atoms with Gasteiger partial charge >= 0.3 is 12.1 Å². The zero-order chi connectivity index (χ0) is 20.7. The summed E-state index contributed by atoms with van der Waals surface area (Å²) in [6.07, 6.45) is -5.24. The van der Waals surface area contributed by atoms with Gasteiger partial charge in [-0.1, -0.05) is 11.8 Å². The summed E-state index contributed by atoms with van der Waals surface area (Å²) < 4.78 is 62.3. The Morgan fingerprint density at radius 3 is 2.39 bits per heavy atom. The number of amides is 1. The number of sulfone groups is 1. The van der Waals surface area contributed by atoms with Crippen LogP contribution in [0.1, 0.15) is 18.4 Å². The summed E-state index contributed by atoms with van der Waals surface area (Å²) in [6.45, 7) is 0. The molecule has 0 spiro atoms. The molecule has 3 rings (SSSR count). The standard InChI is InChI=1S/C16H15F3N2O5S2/c17-16(18,19)9-1-3-10(4-2-9)21-11-7-28(25,26)8-12(11)27-15(21)20-13(22)5-6-14(23)24/h1-4,11-12H,5-8H2,(H,23,24). The van der Waals surface area contributed by atoms with Gasteiger partial charge in [0, 0.05) is 17.4 Å². The molecule has 2 atom stereocenters. The molecule has 1 N–H and O–H groups in total. The number of nitrogens with zero attached hydrogens (tertiary/aromatic N) is 2. The highest BCUT2D eigenvalue weighted by Crippen LogP contribution is 2.41. The first-order valence-corrected chi connectivity index (χ1v) is 10.8. The van der Waals surface area contributed by atoms with Crippen LogP contribution < -0.4 is 4.90 Å². The fourth-order valence-electron chi connectivity index (χ4n) is 3.05. The molecule has 2 aliphatic heterocycles. The number of carbonyl (C=O) groups excluding carboxylic acids is 1. The van der Waals surface area contributed by atoms with E-state index in [1.807, 2.05) is 0 Å². The molecule has 28 heavy (non-hydrogen) atoms. The Morgan fingerprint density at radius 1 is 1.18 bits per heavy atom. The van der Waals surface area contributed by atoms with E-state index in [-0.39, 0.29) is 28.8 Å². The summed E-state index contributed by atoms with van der Waals surface area (Å²) in [5.41, 5.74) is -0.565. The number of hydrogen-bond donors (Lipinski definition) is 1. The third-order valence-corrected chi connectivity index (χ3v) is 7.52. The topological polar surface area (TPSA) is 104 Å². The van der Waals surface area contributed by atoms with Gasteiger partial charge in [-0.3, -0.25) is 9.59 Å². The number of hydrogen-bond acceptors (Lipinski definition) is 5. The zero-order valence-corrected chi connectivity index (χ0v) is 15.9. The van der Waals surface area contributed by atoms with Gasteiger partial charge < -0.3 is 10.0 Å². The number of rotatable bonds is 4. The van der Waals surface area contributed by atoms with Crippen LogP contribution in [-0.2, 0) is 25.6 Å². The van der Waals surface area contributed by atoms with E-state index in [9.17, 15) is 31.2 Å². The maximum absolute atomic E-state index is 12.8. The van der Waals surface area contributed by atoms with Crippen molar-refractivity contribution in [2.24, 2.45) is 4.99 Å².